The lowest BCUT2D eigenvalue weighted by Crippen LogP contribution is -2.49. The molecular formula is C21H24N2O3. The van der Waals surface area contributed by atoms with Gasteiger partial charge in [-0.05, 0) is 37.0 Å². The molecule has 1 saturated heterocycles. The van der Waals surface area contributed by atoms with Gasteiger partial charge in [-0.2, -0.15) is 0 Å². The van der Waals surface area contributed by atoms with Gasteiger partial charge in [0.2, 0.25) is 0 Å². The molecule has 1 amide bonds. The zero-order valence-electron chi connectivity index (χ0n) is 15.0. The van der Waals surface area contributed by atoms with E-state index in [9.17, 15) is 9.59 Å². The van der Waals surface area contributed by atoms with E-state index in [4.69, 9.17) is 4.42 Å². The third-order valence-electron chi connectivity index (χ3n) is 5.55. The number of benzene rings is 1. The molecule has 0 bridgehead atoms. The van der Waals surface area contributed by atoms with Crippen molar-refractivity contribution in [1.29, 1.82) is 0 Å². The number of piperazine rings is 1. The van der Waals surface area contributed by atoms with Crippen molar-refractivity contribution < 1.29 is 9.21 Å². The predicted molar refractivity (Wildman–Crippen MR) is 99.4 cm³/mol. The number of rotatable bonds is 3. The topological polar surface area (TPSA) is 62.6 Å². The van der Waals surface area contributed by atoms with Crippen molar-refractivity contribution in [3.05, 3.63) is 69.3 Å². The van der Waals surface area contributed by atoms with Gasteiger partial charge in [-0.15, -0.1) is 0 Å². The van der Waals surface area contributed by atoms with Crippen LogP contribution in [0, 0.1) is 6.92 Å². The fraction of sp³-hybridized carbons (Fsp3) is 0.429. The van der Waals surface area contributed by atoms with Gasteiger partial charge >= 0.3 is 5.63 Å². The summed E-state index contributed by atoms with van der Waals surface area (Å²) in [7, 11) is 0. The van der Waals surface area contributed by atoms with Gasteiger partial charge in [-0.25, -0.2) is 4.79 Å². The molecule has 1 saturated carbocycles. The Kier molecular flexibility index (Phi) is 4.64. The van der Waals surface area contributed by atoms with E-state index in [0.29, 0.717) is 25.6 Å². The highest BCUT2D eigenvalue weighted by Gasteiger charge is 2.30. The van der Waals surface area contributed by atoms with Crippen molar-refractivity contribution in [2.45, 2.75) is 38.1 Å². The number of carbonyl (C=O) groups is 1. The van der Waals surface area contributed by atoms with Gasteiger partial charge in [0.25, 0.3) is 5.91 Å². The van der Waals surface area contributed by atoms with Crippen LogP contribution in [0.2, 0.25) is 0 Å². The molecule has 0 radical (unpaired) electrons. The third-order valence-corrected chi connectivity index (χ3v) is 5.55. The molecule has 1 aromatic heterocycles. The minimum atomic E-state index is -0.494. The van der Waals surface area contributed by atoms with Gasteiger partial charge in [0.1, 0.15) is 11.3 Å². The first kappa shape index (κ1) is 17.0. The van der Waals surface area contributed by atoms with Crippen LogP contribution >= 0.6 is 0 Å². The maximum absolute atomic E-state index is 13.0. The molecule has 1 N–H and O–H groups in total. The van der Waals surface area contributed by atoms with Gasteiger partial charge in [0.15, 0.2) is 0 Å². The van der Waals surface area contributed by atoms with E-state index in [-0.39, 0.29) is 17.5 Å². The first-order valence-corrected chi connectivity index (χ1v) is 9.35. The Morgan fingerprint density at radius 2 is 2.00 bits per heavy atom. The fourth-order valence-electron chi connectivity index (χ4n) is 3.79. The van der Waals surface area contributed by atoms with Gasteiger partial charge in [-0.1, -0.05) is 36.8 Å². The standard InChI is InChI=1S/C21H24N2O3/c1-14-12-18(16-8-5-9-16)26-21(25)19(14)20(24)23-11-10-22-17(13-23)15-6-3-2-4-7-15/h2-4,6-7,12,16-17,22H,5,8-11,13H2,1H3. The SMILES string of the molecule is Cc1cc(C2CCC2)oc(=O)c1C(=O)N1CCNC(c2ccccc2)C1. The maximum Gasteiger partial charge on any atom is 0.349 e. The van der Waals surface area contributed by atoms with Crippen LogP contribution in [0.5, 0.6) is 0 Å². The molecule has 2 heterocycles. The lowest BCUT2D eigenvalue weighted by molar-refractivity contribution is 0.0696. The monoisotopic (exact) mass is 352 g/mol. The zero-order valence-corrected chi connectivity index (χ0v) is 15.0. The van der Waals surface area contributed by atoms with Gasteiger partial charge < -0.3 is 14.6 Å². The first-order chi connectivity index (χ1) is 12.6. The summed E-state index contributed by atoms with van der Waals surface area (Å²) in [4.78, 5) is 27.3. The van der Waals surface area contributed by atoms with Crippen LogP contribution in [0.15, 0.2) is 45.6 Å². The Morgan fingerprint density at radius 1 is 1.23 bits per heavy atom. The average Bonchev–Trinajstić information content (AvgIpc) is 2.60. The summed E-state index contributed by atoms with van der Waals surface area (Å²) in [6, 6.07) is 12.0. The minimum absolute atomic E-state index is 0.0792. The van der Waals surface area contributed by atoms with E-state index >= 15 is 0 Å². The molecule has 5 heteroatoms. The first-order valence-electron chi connectivity index (χ1n) is 9.35. The van der Waals surface area contributed by atoms with E-state index in [1.807, 2.05) is 31.2 Å². The number of nitrogens with zero attached hydrogens (tertiary/aromatic N) is 1. The van der Waals surface area contributed by atoms with Gasteiger partial charge in [0.05, 0.1) is 0 Å². The summed E-state index contributed by atoms with van der Waals surface area (Å²) in [5, 5.41) is 3.44. The van der Waals surface area contributed by atoms with Crippen LogP contribution in [0.25, 0.3) is 0 Å². The quantitative estimate of drug-likeness (QED) is 0.922. The summed E-state index contributed by atoms with van der Waals surface area (Å²) in [6.45, 7) is 3.68. The van der Waals surface area contributed by atoms with Crippen LogP contribution in [-0.4, -0.2) is 30.4 Å². The predicted octanol–water partition coefficient (Wildman–Crippen LogP) is 3.00. The Bertz CT molecular complexity index is 855. The largest absolute Gasteiger partial charge is 0.427 e. The van der Waals surface area contributed by atoms with Gasteiger partial charge in [-0.3, -0.25) is 4.79 Å². The van der Waals surface area contributed by atoms with E-state index < -0.39 is 5.63 Å². The second kappa shape index (κ2) is 7.08. The Hall–Kier alpha value is -2.40. The molecule has 1 aliphatic carbocycles. The van der Waals surface area contributed by atoms with Crippen LogP contribution in [0.3, 0.4) is 0 Å². The highest BCUT2D eigenvalue weighted by Crippen LogP contribution is 2.36. The van der Waals surface area contributed by atoms with Crippen molar-refractivity contribution in [2.24, 2.45) is 0 Å². The Morgan fingerprint density at radius 3 is 2.65 bits per heavy atom. The van der Waals surface area contributed by atoms with Gasteiger partial charge in [0, 0.05) is 31.6 Å². The molecule has 1 unspecified atom stereocenters. The van der Waals surface area contributed by atoms with Crippen LogP contribution in [0.4, 0.5) is 0 Å². The van der Waals surface area contributed by atoms with Crippen molar-refractivity contribution in [3.8, 4) is 0 Å². The number of aryl methyl sites for hydroxylation is 1. The summed E-state index contributed by atoms with van der Waals surface area (Å²) in [5.41, 5.74) is 1.56. The number of hydrogen-bond donors (Lipinski definition) is 1. The van der Waals surface area contributed by atoms with E-state index in [1.165, 1.54) is 6.42 Å². The molecule has 26 heavy (non-hydrogen) atoms. The van der Waals surface area contributed by atoms with E-state index in [1.54, 1.807) is 4.90 Å². The highest BCUT2D eigenvalue weighted by molar-refractivity contribution is 5.95. The van der Waals surface area contributed by atoms with Crippen LogP contribution in [0.1, 0.15) is 58.5 Å². The molecule has 136 valence electrons. The lowest BCUT2D eigenvalue weighted by Gasteiger charge is -2.34. The van der Waals surface area contributed by atoms with E-state index in [0.717, 1.165) is 29.7 Å². The van der Waals surface area contributed by atoms with Crippen molar-refractivity contribution in [1.82, 2.24) is 10.2 Å². The van der Waals surface area contributed by atoms with Crippen LogP contribution in [-0.2, 0) is 0 Å². The average molecular weight is 352 g/mol. The second-order valence-electron chi connectivity index (χ2n) is 7.29. The molecule has 1 aromatic carbocycles. The maximum atomic E-state index is 13.0. The molecule has 5 nitrogen and oxygen atoms in total. The van der Waals surface area contributed by atoms with Crippen LogP contribution < -0.4 is 10.9 Å². The van der Waals surface area contributed by atoms with E-state index in [2.05, 4.69) is 17.4 Å². The number of amides is 1. The zero-order chi connectivity index (χ0) is 18.1. The van der Waals surface area contributed by atoms with Crippen molar-refractivity contribution in [3.63, 3.8) is 0 Å². The van der Waals surface area contributed by atoms with Crippen molar-refractivity contribution in [2.75, 3.05) is 19.6 Å². The minimum Gasteiger partial charge on any atom is -0.427 e. The highest BCUT2D eigenvalue weighted by atomic mass is 16.4. The third kappa shape index (κ3) is 3.19. The molecule has 2 aliphatic rings. The number of carbonyl (C=O) groups excluding carboxylic acids is 1. The lowest BCUT2D eigenvalue weighted by atomic mass is 9.83. The molecule has 2 fully saturated rings. The number of nitrogens with one attached hydrogen (secondary N) is 1. The van der Waals surface area contributed by atoms with Crippen molar-refractivity contribution >= 4 is 5.91 Å². The Balaban J connectivity index is 1.56. The molecular weight excluding hydrogens is 328 g/mol. The molecule has 1 atom stereocenters. The molecule has 4 rings (SSSR count). The number of hydrogen-bond acceptors (Lipinski definition) is 4. The summed E-state index contributed by atoms with van der Waals surface area (Å²) in [6.07, 6.45) is 3.30. The normalized spacial score (nSPS) is 20.7. The molecule has 0 spiro atoms. The summed E-state index contributed by atoms with van der Waals surface area (Å²) >= 11 is 0. The smallest absolute Gasteiger partial charge is 0.349 e. The summed E-state index contributed by atoms with van der Waals surface area (Å²) < 4.78 is 5.50. The summed E-state index contributed by atoms with van der Waals surface area (Å²) in [5.74, 6) is 0.851. The fourth-order valence-corrected chi connectivity index (χ4v) is 3.79. The second-order valence-corrected chi connectivity index (χ2v) is 7.29. The molecule has 2 aromatic rings. The Labute approximate surface area is 153 Å². The molecule has 1 aliphatic heterocycles.